The van der Waals surface area contributed by atoms with Crippen LogP contribution in [0.5, 0.6) is 0 Å². The quantitative estimate of drug-likeness (QED) is 0.596. The first-order valence-corrected chi connectivity index (χ1v) is 4.30. The molecule has 2 atom stereocenters. The summed E-state index contributed by atoms with van der Waals surface area (Å²) in [4.78, 5) is 25.3. The number of amides is 3. The summed E-state index contributed by atoms with van der Waals surface area (Å²) in [7, 11) is 3.08. The summed E-state index contributed by atoms with van der Waals surface area (Å²) in [5.41, 5.74) is 5.74. The summed E-state index contributed by atoms with van der Waals surface area (Å²) in [6.45, 7) is 1.90. The highest BCUT2D eigenvalue weighted by Crippen LogP contribution is 2.16. The third-order valence-corrected chi connectivity index (χ3v) is 2.47. The molecule has 1 heterocycles. The van der Waals surface area contributed by atoms with Crippen molar-refractivity contribution in [3.63, 3.8) is 0 Å². The first-order valence-electron chi connectivity index (χ1n) is 4.30. The number of hydrogen-bond donors (Lipinski definition) is 1. The molecule has 13 heavy (non-hydrogen) atoms. The van der Waals surface area contributed by atoms with E-state index in [1.54, 1.807) is 7.05 Å². The van der Waals surface area contributed by atoms with Crippen molar-refractivity contribution in [2.45, 2.75) is 25.4 Å². The number of nitrogens with zero attached hydrogens (tertiary/aromatic N) is 2. The van der Waals surface area contributed by atoms with E-state index in [1.807, 2.05) is 6.92 Å². The molecule has 5 nitrogen and oxygen atoms in total. The molecule has 2 unspecified atom stereocenters. The topological polar surface area (TPSA) is 66.6 Å². The van der Waals surface area contributed by atoms with Gasteiger partial charge < -0.3 is 10.6 Å². The van der Waals surface area contributed by atoms with Crippen molar-refractivity contribution in [2.75, 3.05) is 14.1 Å². The lowest BCUT2D eigenvalue weighted by Gasteiger charge is -2.21. The fourth-order valence-electron chi connectivity index (χ4n) is 1.51. The molecule has 0 bridgehead atoms. The predicted molar refractivity (Wildman–Crippen MR) is 48.0 cm³/mol. The Balaban J connectivity index is 2.87. The molecule has 3 amide bonds. The molecule has 1 rings (SSSR count). The maximum Gasteiger partial charge on any atom is 0.326 e. The highest BCUT2D eigenvalue weighted by atomic mass is 16.2. The van der Waals surface area contributed by atoms with Crippen LogP contribution < -0.4 is 5.73 Å². The third-order valence-electron chi connectivity index (χ3n) is 2.47. The van der Waals surface area contributed by atoms with Crippen LogP contribution in [0.1, 0.15) is 13.3 Å². The minimum atomic E-state index is -0.484. The zero-order valence-electron chi connectivity index (χ0n) is 8.15. The van der Waals surface area contributed by atoms with Crippen LogP contribution in [0, 0.1) is 0 Å². The molecular weight excluding hydrogens is 170 g/mol. The lowest BCUT2D eigenvalue weighted by molar-refractivity contribution is -0.127. The van der Waals surface area contributed by atoms with Gasteiger partial charge >= 0.3 is 6.03 Å². The lowest BCUT2D eigenvalue weighted by atomic mass is 10.1. The molecule has 1 aliphatic rings. The summed E-state index contributed by atoms with van der Waals surface area (Å²) < 4.78 is 0. The monoisotopic (exact) mass is 185 g/mol. The standard InChI is InChI=1S/C8H15N3O2/c1-4-5(9)6-7(12)11(3)8(13)10(6)2/h5-6H,4,9H2,1-3H3. The average Bonchev–Trinajstić information content (AvgIpc) is 2.30. The van der Waals surface area contributed by atoms with Gasteiger partial charge in [0.25, 0.3) is 5.91 Å². The molecule has 0 aromatic carbocycles. The summed E-state index contributed by atoms with van der Waals surface area (Å²) in [5.74, 6) is -0.207. The van der Waals surface area contributed by atoms with Gasteiger partial charge in [-0.15, -0.1) is 0 Å². The number of carbonyl (C=O) groups excluding carboxylic acids is 2. The SMILES string of the molecule is CCC(N)C1C(=O)N(C)C(=O)N1C. The molecule has 1 aliphatic heterocycles. The Labute approximate surface area is 77.5 Å². The van der Waals surface area contributed by atoms with Crippen molar-refractivity contribution in [2.24, 2.45) is 5.73 Å². The molecule has 2 N–H and O–H groups in total. The zero-order chi connectivity index (χ0) is 10.2. The van der Waals surface area contributed by atoms with Crippen molar-refractivity contribution in [1.82, 2.24) is 9.80 Å². The number of likely N-dealkylation sites (N-methyl/N-ethyl adjacent to an activating group) is 2. The van der Waals surface area contributed by atoms with Crippen LogP contribution in [0.3, 0.4) is 0 Å². The molecule has 0 aliphatic carbocycles. The van der Waals surface area contributed by atoms with Gasteiger partial charge in [-0.3, -0.25) is 9.69 Å². The van der Waals surface area contributed by atoms with Gasteiger partial charge in [-0.05, 0) is 6.42 Å². The molecule has 0 aromatic heterocycles. The van der Waals surface area contributed by atoms with E-state index in [1.165, 1.54) is 11.9 Å². The van der Waals surface area contributed by atoms with E-state index in [9.17, 15) is 9.59 Å². The molecule has 0 radical (unpaired) electrons. The molecule has 1 fully saturated rings. The molecular formula is C8H15N3O2. The molecule has 0 aromatic rings. The summed E-state index contributed by atoms with van der Waals surface area (Å²) in [6, 6.07) is -1.03. The van der Waals surface area contributed by atoms with E-state index < -0.39 is 6.04 Å². The summed E-state index contributed by atoms with van der Waals surface area (Å²) in [6.07, 6.45) is 0.682. The van der Waals surface area contributed by atoms with Crippen LogP contribution in [0.15, 0.2) is 0 Å². The van der Waals surface area contributed by atoms with Gasteiger partial charge in [0.05, 0.1) is 0 Å². The Hall–Kier alpha value is -1.10. The van der Waals surface area contributed by atoms with Crippen LogP contribution in [-0.4, -0.2) is 47.9 Å². The Bertz CT molecular complexity index is 242. The third kappa shape index (κ3) is 1.39. The first-order chi connectivity index (χ1) is 6.00. The van der Waals surface area contributed by atoms with Crippen LogP contribution in [0.4, 0.5) is 4.79 Å². The Kier molecular flexibility index (Phi) is 2.56. The maximum atomic E-state index is 11.5. The second-order valence-corrected chi connectivity index (χ2v) is 3.31. The predicted octanol–water partition coefficient (Wildman–Crippen LogP) is -0.384. The minimum absolute atomic E-state index is 0.207. The lowest BCUT2D eigenvalue weighted by Crippen LogP contribution is -2.46. The highest BCUT2D eigenvalue weighted by Gasteiger charge is 2.43. The van der Waals surface area contributed by atoms with Gasteiger partial charge in [0.1, 0.15) is 6.04 Å². The minimum Gasteiger partial charge on any atom is -0.325 e. The van der Waals surface area contributed by atoms with Crippen molar-refractivity contribution in [3.05, 3.63) is 0 Å². The Morgan fingerprint density at radius 1 is 1.46 bits per heavy atom. The van der Waals surface area contributed by atoms with E-state index in [-0.39, 0.29) is 18.0 Å². The van der Waals surface area contributed by atoms with Gasteiger partial charge in [-0.25, -0.2) is 4.79 Å². The number of hydrogen-bond acceptors (Lipinski definition) is 3. The molecule has 5 heteroatoms. The number of carbonyl (C=O) groups is 2. The average molecular weight is 185 g/mol. The fraction of sp³-hybridized carbons (Fsp3) is 0.750. The van der Waals surface area contributed by atoms with E-state index in [4.69, 9.17) is 5.73 Å². The van der Waals surface area contributed by atoms with E-state index in [0.717, 1.165) is 4.90 Å². The maximum absolute atomic E-state index is 11.5. The van der Waals surface area contributed by atoms with Crippen LogP contribution in [0.2, 0.25) is 0 Å². The molecule has 0 spiro atoms. The Morgan fingerprint density at radius 2 is 2.00 bits per heavy atom. The summed E-state index contributed by atoms with van der Waals surface area (Å²) >= 11 is 0. The van der Waals surface area contributed by atoms with E-state index >= 15 is 0 Å². The Morgan fingerprint density at radius 3 is 2.31 bits per heavy atom. The van der Waals surface area contributed by atoms with Gasteiger partial charge in [-0.1, -0.05) is 6.92 Å². The number of nitrogens with two attached hydrogens (primary N) is 1. The number of rotatable bonds is 2. The van der Waals surface area contributed by atoms with Crippen LogP contribution in [0.25, 0.3) is 0 Å². The van der Waals surface area contributed by atoms with Gasteiger partial charge in [-0.2, -0.15) is 0 Å². The number of imide groups is 1. The largest absolute Gasteiger partial charge is 0.326 e. The second kappa shape index (κ2) is 3.33. The van der Waals surface area contributed by atoms with Crippen molar-refractivity contribution in [3.8, 4) is 0 Å². The summed E-state index contributed by atoms with van der Waals surface area (Å²) in [5, 5.41) is 0. The second-order valence-electron chi connectivity index (χ2n) is 3.31. The fourth-order valence-corrected chi connectivity index (χ4v) is 1.51. The molecule has 1 saturated heterocycles. The molecule has 0 saturated carbocycles. The first kappa shape index (κ1) is 9.98. The van der Waals surface area contributed by atoms with Gasteiger partial charge in [0.2, 0.25) is 0 Å². The van der Waals surface area contributed by atoms with Gasteiger partial charge in [0, 0.05) is 20.1 Å². The number of urea groups is 1. The van der Waals surface area contributed by atoms with E-state index in [2.05, 4.69) is 0 Å². The van der Waals surface area contributed by atoms with Crippen molar-refractivity contribution in [1.29, 1.82) is 0 Å². The zero-order valence-corrected chi connectivity index (χ0v) is 8.15. The normalized spacial score (nSPS) is 25.7. The smallest absolute Gasteiger partial charge is 0.325 e. The molecule has 74 valence electrons. The van der Waals surface area contributed by atoms with Gasteiger partial charge in [0.15, 0.2) is 0 Å². The van der Waals surface area contributed by atoms with Crippen LogP contribution >= 0.6 is 0 Å². The van der Waals surface area contributed by atoms with E-state index in [0.29, 0.717) is 6.42 Å². The highest BCUT2D eigenvalue weighted by molar-refractivity contribution is 6.04. The van der Waals surface area contributed by atoms with Crippen molar-refractivity contribution < 1.29 is 9.59 Å². The van der Waals surface area contributed by atoms with Crippen molar-refractivity contribution >= 4 is 11.9 Å². The van der Waals surface area contributed by atoms with Crippen LogP contribution in [-0.2, 0) is 4.79 Å².